The highest BCUT2D eigenvalue weighted by atomic mass is 16.2. The Hall–Kier alpha value is -1.97. The van der Waals surface area contributed by atoms with Gasteiger partial charge in [-0.3, -0.25) is 19.3 Å². The van der Waals surface area contributed by atoms with Crippen LogP contribution in [0.15, 0.2) is 24.3 Å². The number of carbonyl (C=O) groups excluding carboxylic acids is 3. The predicted molar refractivity (Wildman–Crippen MR) is 58.1 cm³/mol. The predicted octanol–water partition coefficient (Wildman–Crippen LogP) is 1.40. The minimum Gasteiger partial charge on any atom is -0.298 e. The van der Waals surface area contributed by atoms with E-state index in [4.69, 9.17) is 0 Å². The molecule has 1 aromatic carbocycles. The Labute approximate surface area is 92.9 Å². The van der Waals surface area contributed by atoms with E-state index in [2.05, 4.69) is 0 Å². The first-order valence-corrected chi connectivity index (χ1v) is 5.05. The zero-order valence-electron chi connectivity index (χ0n) is 8.84. The second-order valence-electron chi connectivity index (χ2n) is 3.89. The number of benzene rings is 1. The first-order chi connectivity index (χ1) is 7.63. The first kappa shape index (κ1) is 10.5. The molecule has 0 aromatic heterocycles. The molecule has 1 saturated heterocycles. The van der Waals surface area contributed by atoms with Gasteiger partial charge in [-0.05, 0) is 12.1 Å². The highest BCUT2D eigenvalue weighted by molar-refractivity contribution is 6.20. The van der Waals surface area contributed by atoms with Crippen molar-refractivity contribution in [1.82, 2.24) is 0 Å². The van der Waals surface area contributed by atoms with Crippen molar-refractivity contribution in [3.05, 3.63) is 29.8 Å². The van der Waals surface area contributed by atoms with Crippen LogP contribution in [0.1, 0.15) is 23.7 Å². The van der Waals surface area contributed by atoms with Crippen molar-refractivity contribution in [2.75, 3.05) is 4.90 Å². The van der Waals surface area contributed by atoms with E-state index in [1.165, 1.54) is 0 Å². The third kappa shape index (κ3) is 1.62. The number of hydrogen-bond donors (Lipinski definition) is 0. The highest BCUT2D eigenvalue weighted by Gasteiger charge is 2.36. The number of hydrogen-bond acceptors (Lipinski definition) is 3. The molecule has 1 heterocycles. The summed E-state index contributed by atoms with van der Waals surface area (Å²) in [6.07, 6.45) is 0.933. The van der Waals surface area contributed by atoms with Crippen LogP contribution < -0.4 is 4.90 Å². The Morgan fingerprint density at radius 1 is 1.38 bits per heavy atom. The fraction of sp³-hybridized carbons (Fsp3) is 0.250. The summed E-state index contributed by atoms with van der Waals surface area (Å²) in [7, 11) is 0. The van der Waals surface area contributed by atoms with Crippen LogP contribution in [0.5, 0.6) is 0 Å². The van der Waals surface area contributed by atoms with Gasteiger partial charge in [0.2, 0.25) is 11.8 Å². The third-order valence-electron chi connectivity index (χ3n) is 2.64. The van der Waals surface area contributed by atoms with Gasteiger partial charge < -0.3 is 0 Å². The first-order valence-electron chi connectivity index (χ1n) is 5.05. The molecule has 0 spiro atoms. The standard InChI is InChI=1S/C12H11NO3/c1-8-5-11(15)13(12(8)16)10-4-2-3-9(6-10)7-14/h2-4,6-8H,5H2,1H3. The molecule has 16 heavy (non-hydrogen) atoms. The van der Waals surface area contributed by atoms with Gasteiger partial charge in [0.25, 0.3) is 0 Å². The number of amides is 2. The van der Waals surface area contributed by atoms with E-state index in [9.17, 15) is 14.4 Å². The zero-order chi connectivity index (χ0) is 11.7. The van der Waals surface area contributed by atoms with Gasteiger partial charge in [-0.15, -0.1) is 0 Å². The van der Waals surface area contributed by atoms with Crippen molar-refractivity contribution in [3.63, 3.8) is 0 Å². The van der Waals surface area contributed by atoms with Crippen molar-refractivity contribution in [2.24, 2.45) is 5.92 Å². The van der Waals surface area contributed by atoms with Crippen LogP contribution >= 0.6 is 0 Å². The quantitative estimate of drug-likeness (QED) is 0.555. The van der Waals surface area contributed by atoms with Gasteiger partial charge >= 0.3 is 0 Å². The van der Waals surface area contributed by atoms with Crippen molar-refractivity contribution in [1.29, 1.82) is 0 Å². The molecule has 0 bridgehead atoms. The van der Waals surface area contributed by atoms with Crippen molar-refractivity contribution < 1.29 is 14.4 Å². The Bertz CT molecular complexity index is 467. The van der Waals surface area contributed by atoms with Crippen LogP contribution in [0.4, 0.5) is 5.69 Å². The molecule has 1 fully saturated rings. The Morgan fingerprint density at radius 3 is 2.69 bits per heavy atom. The molecular formula is C12H11NO3. The minimum absolute atomic E-state index is 0.201. The molecule has 4 nitrogen and oxygen atoms in total. The van der Waals surface area contributed by atoms with Gasteiger partial charge in [0.05, 0.1) is 5.69 Å². The van der Waals surface area contributed by atoms with Crippen LogP contribution in [-0.2, 0) is 9.59 Å². The van der Waals surface area contributed by atoms with E-state index in [0.29, 0.717) is 17.5 Å². The second kappa shape index (κ2) is 3.89. The smallest absolute Gasteiger partial charge is 0.237 e. The van der Waals surface area contributed by atoms with Crippen molar-refractivity contribution in [2.45, 2.75) is 13.3 Å². The lowest BCUT2D eigenvalue weighted by Crippen LogP contribution is -2.29. The molecule has 2 amide bonds. The highest BCUT2D eigenvalue weighted by Crippen LogP contribution is 2.26. The summed E-state index contributed by atoms with van der Waals surface area (Å²) in [6.45, 7) is 1.73. The lowest BCUT2D eigenvalue weighted by molar-refractivity contribution is -0.122. The number of nitrogens with zero attached hydrogens (tertiary/aromatic N) is 1. The van der Waals surface area contributed by atoms with Gasteiger partial charge in [0.1, 0.15) is 6.29 Å². The van der Waals surface area contributed by atoms with Crippen LogP contribution in [-0.4, -0.2) is 18.1 Å². The number of imide groups is 1. The third-order valence-corrected chi connectivity index (χ3v) is 2.64. The molecule has 82 valence electrons. The molecule has 0 radical (unpaired) electrons. The van der Waals surface area contributed by atoms with E-state index >= 15 is 0 Å². The van der Waals surface area contributed by atoms with E-state index < -0.39 is 0 Å². The molecule has 0 N–H and O–H groups in total. The van der Waals surface area contributed by atoms with E-state index in [-0.39, 0.29) is 24.2 Å². The molecule has 1 aliphatic heterocycles. The van der Waals surface area contributed by atoms with Gasteiger partial charge in [-0.1, -0.05) is 19.1 Å². The fourth-order valence-electron chi connectivity index (χ4n) is 1.79. The summed E-state index contributed by atoms with van der Waals surface area (Å²) >= 11 is 0. The second-order valence-corrected chi connectivity index (χ2v) is 3.89. The van der Waals surface area contributed by atoms with E-state index in [0.717, 1.165) is 4.90 Å². The maximum absolute atomic E-state index is 11.7. The summed E-state index contributed by atoms with van der Waals surface area (Å²) in [5, 5.41) is 0. The van der Waals surface area contributed by atoms with E-state index in [1.807, 2.05) is 0 Å². The van der Waals surface area contributed by atoms with Gasteiger partial charge in [0.15, 0.2) is 0 Å². The van der Waals surface area contributed by atoms with Gasteiger partial charge in [0, 0.05) is 17.9 Å². The summed E-state index contributed by atoms with van der Waals surface area (Å²) in [4.78, 5) is 35.1. The van der Waals surface area contributed by atoms with Crippen LogP contribution in [0.3, 0.4) is 0 Å². The molecule has 2 rings (SSSR count). The monoisotopic (exact) mass is 217 g/mol. The molecular weight excluding hydrogens is 206 g/mol. The lowest BCUT2D eigenvalue weighted by atomic mass is 10.1. The molecule has 1 unspecified atom stereocenters. The fourth-order valence-corrected chi connectivity index (χ4v) is 1.79. The largest absolute Gasteiger partial charge is 0.298 e. The maximum atomic E-state index is 11.7. The van der Waals surface area contributed by atoms with E-state index in [1.54, 1.807) is 31.2 Å². The molecule has 0 saturated carbocycles. The minimum atomic E-state index is -0.271. The normalized spacial score (nSPS) is 20.3. The number of rotatable bonds is 2. The molecule has 1 aromatic rings. The average Bonchev–Trinajstić information content (AvgIpc) is 2.53. The van der Waals surface area contributed by atoms with Crippen LogP contribution in [0.2, 0.25) is 0 Å². The average molecular weight is 217 g/mol. The van der Waals surface area contributed by atoms with Gasteiger partial charge in [-0.25, -0.2) is 0 Å². The number of aldehydes is 1. The zero-order valence-corrected chi connectivity index (χ0v) is 8.84. The van der Waals surface area contributed by atoms with Crippen LogP contribution in [0, 0.1) is 5.92 Å². The summed E-state index contributed by atoms with van der Waals surface area (Å²) in [6, 6.07) is 6.48. The molecule has 1 aliphatic rings. The summed E-state index contributed by atoms with van der Waals surface area (Å²) in [5.41, 5.74) is 0.932. The molecule has 1 atom stereocenters. The summed E-state index contributed by atoms with van der Waals surface area (Å²) < 4.78 is 0. The molecule has 0 aliphatic carbocycles. The SMILES string of the molecule is CC1CC(=O)N(c2cccc(C=O)c2)C1=O. The topological polar surface area (TPSA) is 54.5 Å². The Kier molecular flexibility index (Phi) is 2.56. The summed E-state index contributed by atoms with van der Waals surface area (Å²) in [5.74, 6) is -0.680. The van der Waals surface area contributed by atoms with Crippen molar-refractivity contribution in [3.8, 4) is 0 Å². The molecule has 4 heteroatoms. The Morgan fingerprint density at radius 2 is 2.12 bits per heavy atom. The van der Waals surface area contributed by atoms with Crippen LogP contribution in [0.25, 0.3) is 0 Å². The number of anilines is 1. The number of carbonyl (C=O) groups is 3. The Balaban J connectivity index is 2.40. The van der Waals surface area contributed by atoms with Gasteiger partial charge in [-0.2, -0.15) is 0 Å². The maximum Gasteiger partial charge on any atom is 0.237 e. The lowest BCUT2D eigenvalue weighted by Gasteiger charge is -2.14. The van der Waals surface area contributed by atoms with Crippen molar-refractivity contribution >= 4 is 23.8 Å².